The van der Waals surface area contributed by atoms with Crippen molar-refractivity contribution in [2.75, 3.05) is 58.4 Å². The minimum absolute atomic E-state index is 0.0801. The quantitative estimate of drug-likeness (QED) is 0.358. The number of hydrogen-bond donors (Lipinski definition) is 2. The van der Waals surface area contributed by atoms with Gasteiger partial charge in [-0.2, -0.15) is 0 Å². The highest BCUT2D eigenvalue weighted by Gasteiger charge is 2.24. The molecule has 0 saturated carbocycles. The van der Waals surface area contributed by atoms with Crippen LogP contribution in [0.5, 0.6) is 0 Å². The molecule has 1 amide bonds. The lowest BCUT2D eigenvalue weighted by Gasteiger charge is -2.21. The van der Waals surface area contributed by atoms with Gasteiger partial charge in [-0.15, -0.1) is 0 Å². The van der Waals surface area contributed by atoms with E-state index in [4.69, 9.17) is 9.47 Å². The van der Waals surface area contributed by atoms with E-state index in [1.54, 1.807) is 13.2 Å². The molecule has 0 radical (unpaired) electrons. The van der Waals surface area contributed by atoms with Gasteiger partial charge in [0.15, 0.2) is 5.96 Å². The van der Waals surface area contributed by atoms with Crippen LogP contribution in [0.3, 0.4) is 0 Å². The van der Waals surface area contributed by atoms with Gasteiger partial charge in [0, 0.05) is 44.8 Å². The molecular formula is C20H33N5O3. The highest BCUT2D eigenvalue weighted by atomic mass is 16.5. The standard InChI is InChI=1S/C20H33N5O3/c1-4-21-20(25-11-9-17(14-25)15-28-13-12-27-3)22-10-8-19(26)24-18-7-5-6-16(2)23-18/h5-7,17H,4,8-15H2,1-3H3,(H,21,22)(H,23,24,26). The Morgan fingerprint density at radius 1 is 1.39 bits per heavy atom. The van der Waals surface area contributed by atoms with E-state index in [1.807, 2.05) is 26.0 Å². The molecule has 0 aromatic carbocycles. The predicted octanol–water partition coefficient (Wildman–Crippen LogP) is 1.67. The number of nitrogens with one attached hydrogen (secondary N) is 2. The molecule has 2 heterocycles. The number of aromatic nitrogens is 1. The molecule has 2 N–H and O–H groups in total. The Balaban J connectivity index is 1.77. The number of carbonyl (C=O) groups excluding carboxylic acids is 1. The van der Waals surface area contributed by atoms with Crippen LogP contribution in [0.15, 0.2) is 23.2 Å². The van der Waals surface area contributed by atoms with Crippen LogP contribution in [-0.2, 0) is 14.3 Å². The maximum atomic E-state index is 12.1. The van der Waals surface area contributed by atoms with Gasteiger partial charge >= 0.3 is 0 Å². The number of methoxy groups -OCH3 is 1. The summed E-state index contributed by atoms with van der Waals surface area (Å²) in [6.07, 6.45) is 1.40. The Bertz CT molecular complexity index is 638. The first kappa shape index (κ1) is 22.1. The minimum atomic E-state index is -0.0801. The summed E-state index contributed by atoms with van der Waals surface area (Å²) in [5.41, 5.74) is 0.875. The second-order valence-electron chi connectivity index (χ2n) is 6.87. The van der Waals surface area contributed by atoms with E-state index in [-0.39, 0.29) is 5.91 Å². The van der Waals surface area contributed by atoms with Gasteiger partial charge in [0.2, 0.25) is 5.91 Å². The van der Waals surface area contributed by atoms with Crippen molar-refractivity contribution < 1.29 is 14.3 Å². The third-order valence-electron chi connectivity index (χ3n) is 4.46. The molecule has 0 spiro atoms. The average Bonchev–Trinajstić information content (AvgIpc) is 3.13. The van der Waals surface area contributed by atoms with Gasteiger partial charge in [-0.1, -0.05) is 6.07 Å². The summed E-state index contributed by atoms with van der Waals surface area (Å²) in [7, 11) is 1.68. The van der Waals surface area contributed by atoms with Crippen LogP contribution in [0.1, 0.15) is 25.5 Å². The molecule has 0 aliphatic carbocycles. The smallest absolute Gasteiger partial charge is 0.227 e. The van der Waals surface area contributed by atoms with Gasteiger partial charge in [-0.3, -0.25) is 9.79 Å². The molecule has 2 rings (SSSR count). The normalized spacial score (nSPS) is 17.0. The van der Waals surface area contributed by atoms with E-state index in [2.05, 4.69) is 25.5 Å². The maximum absolute atomic E-state index is 12.1. The molecule has 1 aromatic heterocycles. The van der Waals surface area contributed by atoms with Gasteiger partial charge in [-0.05, 0) is 32.4 Å². The minimum Gasteiger partial charge on any atom is -0.382 e. The number of carbonyl (C=O) groups is 1. The second-order valence-corrected chi connectivity index (χ2v) is 6.87. The zero-order chi connectivity index (χ0) is 20.2. The van der Waals surface area contributed by atoms with Crippen LogP contribution >= 0.6 is 0 Å². The summed E-state index contributed by atoms with van der Waals surface area (Å²) in [4.78, 5) is 23.3. The van der Waals surface area contributed by atoms with Crippen LogP contribution in [0.25, 0.3) is 0 Å². The molecule has 8 nitrogen and oxygen atoms in total. The lowest BCUT2D eigenvalue weighted by molar-refractivity contribution is -0.116. The SMILES string of the molecule is CCNC(=NCCC(=O)Nc1cccc(C)n1)N1CCC(COCCOC)C1. The molecule has 1 aromatic rings. The molecule has 1 unspecified atom stereocenters. The summed E-state index contributed by atoms with van der Waals surface area (Å²) in [6, 6.07) is 5.56. The highest BCUT2D eigenvalue weighted by Crippen LogP contribution is 2.16. The van der Waals surface area contributed by atoms with Crippen LogP contribution in [0.4, 0.5) is 5.82 Å². The predicted molar refractivity (Wildman–Crippen MR) is 111 cm³/mol. The first-order chi connectivity index (χ1) is 13.6. The Kier molecular flexibility index (Phi) is 9.71. The molecule has 8 heteroatoms. The Hall–Kier alpha value is -2.19. The van der Waals surface area contributed by atoms with Crippen molar-refractivity contribution in [3.05, 3.63) is 23.9 Å². The topological polar surface area (TPSA) is 88.1 Å². The Morgan fingerprint density at radius 3 is 3.00 bits per heavy atom. The van der Waals surface area contributed by atoms with Crippen molar-refractivity contribution in [3.8, 4) is 0 Å². The molecule has 1 aliphatic heterocycles. The number of aryl methyl sites for hydroxylation is 1. The molecular weight excluding hydrogens is 358 g/mol. The van der Waals surface area contributed by atoms with E-state index < -0.39 is 0 Å². The molecule has 1 aliphatic rings. The Morgan fingerprint density at radius 2 is 2.25 bits per heavy atom. The zero-order valence-electron chi connectivity index (χ0n) is 17.2. The summed E-state index contributed by atoms with van der Waals surface area (Å²) in [5.74, 6) is 1.86. The molecule has 1 atom stereocenters. The molecule has 0 bridgehead atoms. The van der Waals surface area contributed by atoms with Crippen LogP contribution in [-0.4, -0.2) is 74.9 Å². The average molecular weight is 392 g/mol. The number of hydrogen-bond acceptors (Lipinski definition) is 5. The van der Waals surface area contributed by atoms with Crippen LogP contribution < -0.4 is 10.6 Å². The maximum Gasteiger partial charge on any atom is 0.227 e. The summed E-state index contributed by atoms with van der Waals surface area (Å²) >= 11 is 0. The van der Waals surface area contributed by atoms with Gasteiger partial charge < -0.3 is 25.0 Å². The number of rotatable bonds is 10. The number of aliphatic imine (C=N–C) groups is 1. The number of ether oxygens (including phenoxy) is 2. The van der Waals surface area contributed by atoms with Crippen molar-refractivity contribution in [2.24, 2.45) is 10.9 Å². The fraction of sp³-hybridized carbons (Fsp3) is 0.650. The van der Waals surface area contributed by atoms with Gasteiger partial charge in [0.25, 0.3) is 0 Å². The fourth-order valence-corrected chi connectivity index (χ4v) is 3.06. The highest BCUT2D eigenvalue weighted by molar-refractivity contribution is 5.90. The molecule has 1 fully saturated rings. The van der Waals surface area contributed by atoms with Gasteiger partial charge in [0.05, 0.1) is 26.4 Å². The zero-order valence-corrected chi connectivity index (χ0v) is 17.2. The fourth-order valence-electron chi connectivity index (χ4n) is 3.06. The van der Waals surface area contributed by atoms with E-state index in [9.17, 15) is 4.79 Å². The number of anilines is 1. The monoisotopic (exact) mass is 391 g/mol. The molecule has 1 saturated heterocycles. The van der Waals surface area contributed by atoms with Gasteiger partial charge in [-0.25, -0.2) is 4.98 Å². The van der Waals surface area contributed by atoms with Crippen molar-refractivity contribution in [1.29, 1.82) is 0 Å². The number of amides is 1. The lowest BCUT2D eigenvalue weighted by Crippen LogP contribution is -2.40. The second kappa shape index (κ2) is 12.3. The van der Waals surface area contributed by atoms with Gasteiger partial charge in [0.1, 0.15) is 5.82 Å². The van der Waals surface area contributed by atoms with Crippen molar-refractivity contribution in [2.45, 2.75) is 26.7 Å². The van der Waals surface area contributed by atoms with E-state index in [0.717, 1.165) is 44.3 Å². The summed E-state index contributed by atoms with van der Waals surface area (Å²) in [5, 5.41) is 6.14. The van der Waals surface area contributed by atoms with Crippen molar-refractivity contribution in [1.82, 2.24) is 15.2 Å². The molecule has 156 valence electrons. The number of guanidine groups is 1. The number of likely N-dealkylation sites (tertiary alicyclic amines) is 1. The van der Waals surface area contributed by atoms with E-state index in [1.165, 1.54) is 0 Å². The lowest BCUT2D eigenvalue weighted by atomic mass is 10.1. The molecule has 28 heavy (non-hydrogen) atoms. The third kappa shape index (κ3) is 7.82. The van der Waals surface area contributed by atoms with E-state index >= 15 is 0 Å². The van der Waals surface area contributed by atoms with Crippen LogP contribution in [0.2, 0.25) is 0 Å². The van der Waals surface area contributed by atoms with Crippen molar-refractivity contribution >= 4 is 17.7 Å². The third-order valence-corrected chi connectivity index (χ3v) is 4.46. The van der Waals surface area contributed by atoms with Crippen molar-refractivity contribution in [3.63, 3.8) is 0 Å². The first-order valence-electron chi connectivity index (χ1n) is 9.95. The Labute approximate surface area is 167 Å². The largest absolute Gasteiger partial charge is 0.382 e. The number of pyridine rings is 1. The van der Waals surface area contributed by atoms with Crippen LogP contribution in [0, 0.1) is 12.8 Å². The van der Waals surface area contributed by atoms with E-state index in [0.29, 0.717) is 37.9 Å². The number of nitrogens with zero attached hydrogens (tertiary/aromatic N) is 3. The summed E-state index contributed by atoms with van der Waals surface area (Å²) < 4.78 is 10.7. The summed E-state index contributed by atoms with van der Waals surface area (Å²) in [6.45, 7) is 9.04. The first-order valence-corrected chi connectivity index (χ1v) is 9.95.